The Morgan fingerprint density at radius 3 is 2.58 bits per heavy atom. The molecule has 1 aromatic rings. The molecule has 7 nitrogen and oxygen atoms in total. The van der Waals surface area contributed by atoms with E-state index in [0.29, 0.717) is 18.8 Å². The minimum Gasteiger partial charge on any atom is -0.478 e. The summed E-state index contributed by atoms with van der Waals surface area (Å²) in [4.78, 5) is 12.6. The number of hydrogen-bond acceptors (Lipinski definition) is 5. The van der Waals surface area contributed by atoms with Crippen LogP contribution >= 0.6 is 0 Å². The van der Waals surface area contributed by atoms with Crippen LogP contribution in [-0.2, 0) is 14.8 Å². The Bertz CT molecular complexity index is 570. The molecule has 0 aromatic heterocycles. The molecular weight excluding hydrogens is 272 g/mol. The second-order valence-corrected chi connectivity index (χ2v) is 5.50. The molecule has 0 spiro atoms. The van der Waals surface area contributed by atoms with Crippen LogP contribution in [0.25, 0.3) is 0 Å². The van der Waals surface area contributed by atoms with Crippen LogP contribution in [0.5, 0.6) is 0 Å². The fourth-order valence-electron chi connectivity index (χ4n) is 1.54. The van der Waals surface area contributed by atoms with Gasteiger partial charge in [-0.3, -0.25) is 0 Å². The van der Waals surface area contributed by atoms with Gasteiger partial charge in [0.1, 0.15) is 0 Å². The van der Waals surface area contributed by atoms with Gasteiger partial charge in [-0.25, -0.2) is 18.4 Å². The molecule has 1 aromatic carbocycles. The van der Waals surface area contributed by atoms with Gasteiger partial charge in [-0.2, -0.15) is 0 Å². The number of nitrogens with zero attached hydrogens (tertiary/aromatic N) is 1. The van der Waals surface area contributed by atoms with Crippen LogP contribution in [0, 0.1) is 0 Å². The second kappa shape index (κ2) is 6.00. The Balaban J connectivity index is 3.23. The molecule has 0 saturated carbocycles. The molecule has 19 heavy (non-hydrogen) atoms. The molecule has 0 saturated heterocycles. The van der Waals surface area contributed by atoms with Crippen molar-refractivity contribution >= 4 is 21.7 Å². The van der Waals surface area contributed by atoms with Crippen molar-refractivity contribution in [3.05, 3.63) is 23.8 Å². The number of carboxylic acid groups (broad SMARTS) is 1. The van der Waals surface area contributed by atoms with E-state index in [4.69, 9.17) is 15.0 Å². The Hall–Kier alpha value is -1.64. The van der Waals surface area contributed by atoms with Crippen LogP contribution < -0.4 is 10.0 Å². The van der Waals surface area contributed by atoms with E-state index in [-0.39, 0.29) is 10.5 Å². The number of aromatic carboxylic acids is 1. The van der Waals surface area contributed by atoms with E-state index in [1.807, 2.05) is 0 Å². The maximum absolute atomic E-state index is 11.2. The molecule has 1 rings (SSSR count). The molecule has 0 heterocycles. The smallest absolute Gasteiger partial charge is 0.337 e. The lowest BCUT2D eigenvalue weighted by molar-refractivity contribution is 0.0697. The van der Waals surface area contributed by atoms with Crippen molar-refractivity contribution in [1.29, 1.82) is 0 Å². The molecule has 0 radical (unpaired) electrons. The number of carbonyl (C=O) groups is 1. The number of nitrogens with two attached hydrogens (primary N) is 1. The van der Waals surface area contributed by atoms with Crippen molar-refractivity contribution in [2.45, 2.75) is 4.90 Å². The summed E-state index contributed by atoms with van der Waals surface area (Å²) >= 11 is 0. The van der Waals surface area contributed by atoms with Crippen molar-refractivity contribution in [1.82, 2.24) is 0 Å². The highest BCUT2D eigenvalue weighted by molar-refractivity contribution is 7.89. The number of rotatable bonds is 6. The molecule has 3 N–H and O–H groups in total. The average molecular weight is 288 g/mol. The quantitative estimate of drug-likeness (QED) is 0.769. The monoisotopic (exact) mass is 288 g/mol. The maximum atomic E-state index is 11.2. The van der Waals surface area contributed by atoms with Crippen LogP contribution in [0.1, 0.15) is 10.4 Å². The molecule has 106 valence electrons. The van der Waals surface area contributed by atoms with Gasteiger partial charge in [0.05, 0.1) is 22.8 Å². The van der Waals surface area contributed by atoms with Gasteiger partial charge in [0.25, 0.3) is 0 Å². The summed E-state index contributed by atoms with van der Waals surface area (Å²) < 4.78 is 27.3. The molecular formula is C11H16N2O5S. The fraction of sp³-hybridized carbons (Fsp3) is 0.364. The second-order valence-electron chi connectivity index (χ2n) is 3.94. The standard InChI is InChI=1S/C11H16N2O5S/c1-13(5-6-18-2)10-4-3-8(19(12,16)17)7-9(10)11(14)15/h3-4,7H,5-6H2,1-2H3,(H,14,15)(H2,12,16,17). The number of hydrogen-bond donors (Lipinski definition) is 2. The lowest BCUT2D eigenvalue weighted by atomic mass is 10.1. The van der Waals surface area contributed by atoms with Gasteiger partial charge in [0.2, 0.25) is 10.0 Å². The van der Waals surface area contributed by atoms with Crippen molar-refractivity contribution in [2.24, 2.45) is 5.14 Å². The topological polar surface area (TPSA) is 110 Å². The molecule has 0 aliphatic rings. The summed E-state index contributed by atoms with van der Waals surface area (Å²) in [6.07, 6.45) is 0. The zero-order chi connectivity index (χ0) is 14.6. The summed E-state index contributed by atoms with van der Waals surface area (Å²) in [5.74, 6) is -1.22. The number of sulfonamides is 1. The number of methoxy groups -OCH3 is 1. The van der Waals surface area contributed by atoms with Crippen LogP contribution in [0.4, 0.5) is 5.69 Å². The van der Waals surface area contributed by atoms with Gasteiger partial charge < -0.3 is 14.7 Å². The third-order valence-corrected chi connectivity index (χ3v) is 3.48. The first kappa shape index (κ1) is 15.4. The van der Waals surface area contributed by atoms with E-state index < -0.39 is 16.0 Å². The number of carboxylic acids is 1. The van der Waals surface area contributed by atoms with E-state index >= 15 is 0 Å². The van der Waals surface area contributed by atoms with Crippen molar-refractivity contribution < 1.29 is 23.1 Å². The highest BCUT2D eigenvalue weighted by Crippen LogP contribution is 2.22. The number of likely N-dealkylation sites (N-methyl/N-ethyl adjacent to an activating group) is 1. The van der Waals surface area contributed by atoms with E-state index in [9.17, 15) is 13.2 Å². The molecule has 0 unspecified atom stereocenters. The zero-order valence-electron chi connectivity index (χ0n) is 10.7. The number of ether oxygens (including phenoxy) is 1. The summed E-state index contributed by atoms with van der Waals surface area (Å²) in [7, 11) is -0.695. The van der Waals surface area contributed by atoms with Crippen LogP contribution in [0.2, 0.25) is 0 Å². The molecule has 0 aliphatic heterocycles. The Morgan fingerprint density at radius 1 is 1.47 bits per heavy atom. The third kappa shape index (κ3) is 3.91. The van der Waals surface area contributed by atoms with Gasteiger partial charge in [-0.15, -0.1) is 0 Å². The van der Waals surface area contributed by atoms with Crippen LogP contribution in [-0.4, -0.2) is 46.8 Å². The zero-order valence-corrected chi connectivity index (χ0v) is 11.5. The summed E-state index contributed by atoms with van der Waals surface area (Å²) in [6, 6.07) is 3.75. The van der Waals surface area contributed by atoms with Crippen molar-refractivity contribution in [3.63, 3.8) is 0 Å². The van der Waals surface area contributed by atoms with Gasteiger partial charge in [0.15, 0.2) is 0 Å². The van der Waals surface area contributed by atoms with E-state index in [1.54, 1.807) is 11.9 Å². The third-order valence-electron chi connectivity index (χ3n) is 2.57. The number of primary sulfonamides is 1. The Labute approximate surface area is 111 Å². The largest absolute Gasteiger partial charge is 0.478 e. The lowest BCUT2D eigenvalue weighted by Crippen LogP contribution is -2.24. The predicted molar refractivity (Wildman–Crippen MR) is 69.9 cm³/mol. The normalized spacial score (nSPS) is 11.3. The van der Waals surface area contributed by atoms with Crippen LogP contribution in [0.15, 0.2) is 23.1 Å². The summed E-state index contributed by atoms with van der Waals surface area (Å²) in [5, 5.41) is 14.1. The van der Waals surface area contributed by atoms with E-state index in [1.165, 1.54) is 19.2 Å². The van der Waals surface area contributed by atoms with E-state index in [2.05, 4.69) is 0 Å². The highest BCUT2D eigenvalue weighted by Gasteiger charge is 2.18. The van der Waals surface area contributed by atoms with Gasteiger partial charge in [-0.05, 0) is 18.2 Å². The van der Waals surface area contributed by atoms with Gasteiger partial charge in [0, 0.05) is 20.7 Å². The first-order valence-corrected chi connectivity index (χ1v) is 6.92. The molecule has 0 amide bonds. The Kier molecular flexibility index (Phi) is 4.87. The first-order valence-electron chi connectivity index (χ1n) is 5.37. The van der Waals surface area contributed by atoms with Crippen LogP contribution in [0.3, 0.4) is 0 Å². The van der Waals surface area contributed by atoms with Gasteiger partial charge in [-0.1, -0.05) is 0 Å². The SMILES string of the molecule is COCCN(C)c1ccc(S(N)(=O)=O)cc1C(=O)O. The van der Waals surface area contributed by atoms with Crippen molar-refractivity contribution in [3.8, 4) is 0 Å². The molecule has 0 bridgehead atoms. The molecule has 0 atom stereocenters. The fourth-order valence-corrected chi connectivity index (χ4v) is 2.08. The lowest BCUT2D eigenvalue weighted by Gasteiger charge is -2.21. The molecule has 0 aliphatic carbocycles. The van der Waals surface area contributed by atoms with Gasteiger partial charge >= 0.3 is 5.97 Å². The molecule has 8 heteroatoms. The average Bonchev–Trinajstić information content (AvgIpc) is 2.34. The van der Waals surface area contributed by atoms with E-state index in [0.717, 1.165) is 6.07 Å². The minimum atomic E-state index is -3.92. The Morgan fingerprint density at radius 2 is 2.11 bits per heavy atom. The maximum Gasteiger partial charge on any atom is 0.337 e. The number of anilines is 1. The number of benzene rings is 1. The highest BCUT2D eigenvalue weighted by atomic mass is 32.2. The first-order chi connectivity index (χ1) is 8.77. The minimum absolute atomic E-state index is 0.120. The summed E-state index contributed by atoms with van der Waals surface area (Å²) in [6.45, 7) is 0.901. The molecule has 0 fully saturated rings. The summed E-state index contributed by atoms with van der Waals surface area (Å²) in [5.41, 5.74) is 0.280. The predicted octanol–water partition coefficient (Wildman–Crippen LogP) is 0.115. The van der Waals surface area contributed by atoms with Crippen molar-refractivity contribution in [2.75, 3.05) is 32.2 Å².